The maximum absolute atomic E-state index is 11.7. The van der Waals surface area contributed by atoms with Crippen LogP contribution in [0.15, 0.2) is 34.7 Å². The topological polar surface area (TPSA) is 36.2 Å². The zero-order chi connectivity index (χ0) is 9.47. The molecular formula is C10H11NaO2Si. The molecule has 0 aliphatic rings. The Morgan fingerprint density at radius 3 is 2.43 bits per heavy atom. The molecule has 0 fully saturated rings. The molecule has 4 heteroatoms. The van der Waals surface area contributed by atoms with Gasteiger partial charge in [-0.25, -0.2) is 0 Å². The van der Waals surface area contributed by atoms with Crippen molar-refractivity contribution in [1.29, 1.82) is 0 Å². The summed E-state index contributed by atoms with van der Waals surface area (Å²) in [7, 11) is -2.53. The van der Waals surface area contributed by atoms with Crippen LogP contribution in [0.25, 0.3) is 11.0 Å². The van der Waals surface area contributed by atoms with Crippen molar-refractivity contribution in [3.05, 3.63) is 30.3 Å². The minimum Gasteiger partial charge on any atom is -0.853 e. The number of fused-ring (bicyclic) bond motifs is 1. The van der Waals surface area contributed by atoms with Crippen molar-refractivity contribution >= 4 is 24.7 Å². The van der Waals surface area contributed by atoms with Gasteiger partial charge in [0.15, 0.2) is 0 Å². The monoisotopic (exact) mass is 214 g/mol. The molecule has 2 aromatic rings. The minimum atomic E-state index is -2.53. The molecule has 0 saturated heterocycles. The van der Waals surface area contributed by atoms with Crippen molar-refractivity contribution in [2.24, 2.45) is 0 Å². The van der Waals surface area contributed by atoms with E-state index in [1.54, 1.807) is 13.1 Å². The Morgan fingerprint density at radius 2 is 1.86 bits per heavy atom. The van der Waals surface area contributed by atoms with Gasteiger partial charge in [0, 0.05) is 13.7 Å². The predicted molar refractivity (Wildman–Crippen MR) is 53.3 cm³/mol. The third kappa shape index (κ3) is 2.30. The number of furan rings is 1. The Kier molecular flexibility index (Phi) is 3.61. The molecule has 2 rings (SSSR count). The smallest absolute Gasteiger partial charge is 0.853 e. The minimum absolute atomic E-state index is 0. The third-order valence-corrected chi connectivity index (χ3v) is 3.45. The Morgan fingerprint density at radius 1 is 1.21 bits per heavy atom. The molecule has 0 radical (unpaired) electrons. The van der Waals surface area contributed by atoms with Crippen LogP contribution in [-0.4, -0.2) is 8.32 Å². The van der Waals surface area contributed by atoms with Gasteiger partial charge in [-0.15, -0.1) is 0 Å². The molecule has 0 bridgehead atoms. The number of para-hydroxylation sites is 1. The van der Waals surface area contributed by atoms with Crippen LogP contribution < -0.4 is 39.7 Å². The number of hydrogen-bond acceptors (Lipinski definition) is 2. The van der Waals surface area contributed by atoms with Gasteiger partial charge in [-0.1, -0.05) is 31.3 Å². The fourth-order valence-corrected chi connectivity index (χ4v) is 2.14. The molecule has 0 aliphatic heterocycles. The zero-order valence-electron chi connectivity index (χ0n) is 8.70. The Labute approximate surface area is 106 Å². The molecule has 0 amide bonds. The van der Waals surface area contributed by atoms with E-state index in [1.807, 2.05) is 30.3 Å². The second-order valence-corrected chi connectivity index (χ2v) is 7.17. The largest absolute Gasteiger partial charge is 1.00 e. The molecule has 0 aliphatic carbocycles. The van der Waals surface area contributed by atoms with Crippen molar-refractivity contribution in [1.82, 2.24) is 0 Å². The summed E-state index contributed by atoms with van der Waals surface area (Å²) in [5.41, 5.74) is 0.814. The molecule has 0 spiro atoms. The maximum atomic E-state index is 11.7. The van der Waals surface area contributed by atoms with E-state index in [-0.39, 0.29) is 29.6 Å². The van der Waals surface area contributed by atoms with Crippen LogP contribution >= 0.6 is 0 Å². The average Bonchev–Trinajstić information content (AvgIpc) is 2.45. The third-order valence-electron chi connectivity index (χ3n) is 2.02. The molecule has 68 valence electrons. The summed E-state index contributed by atoms with van der Waals surface area (Å²) in [5.74, 6) is 0. The van der Waals surface area contributed by atoms with E-state index in [0.717, 1.165) is 11.0 Å². The van der Waals surface area contributed by atoms with Gasteiger partial charge in [0.1, 0.15) is 5.58 Å². The van der Waals surface area contributed by atoms with Crippen LogP contribution in [0.1, 0.15) is 0 Å². The van der Waals surface area contributed by atoms with Gasteiger partial charge < -0.3 is 9.21 Å². The quantitative estimate of drug-likeness (QED) is 0.526. The molecule has 1 aromatic heterocycles. The fraction of sp³-hybridized carbons (Fsp3) is 0.200. The summed E-state index contributed by atoms with van der Waals surface area (Å²) >= 11 is 0. The maximum Gasteiger partial charge on any atom is 1.00 e. The first-order chi connectivity index (χ1) is 6.07. The predicted octanol–water partition coefficient (Wildman–Crippen LogP) is -1.79. The van der Waals surface area contributed by atoms with E-state index >= 15 is 0 Å². The van der Waals surface area contributed by atoms with Crippen LogP contribution in [0.3, 0.4) is 0 Å². The number of hydrogen-bond donors (Lipinski definition) is 0. The molecule has 1 heterocycles. The molecule has 0 unspecified atom stereocenters. The molecule has 14 heavy (non-hydrogen) atoms. The fourth-order valence-electron chi connectivity index (χ4n) is 1.28. The van der Waals surface area contributed by atoms with Crippen LogP contribution in [0, 0.1) is 0 Å². The summed E-state index contributed by atoms with van der Waals surface area (Å²) in [4.78, 5) is 11.7. The average molecular weight is 214 g/mol. The van der Waals surface area contributed by atoms with E-state index in [4.69, 9.17) is 4.42 Å². The van der Waals surface area contributed by atoms with Gasteiger partial charge in [0.25, 0.3) is 0 Å². The van der Waals surface area contributed by atoms with Gasteiger partial charge in [0.2, 0.25) is 0 Å². The number of rotatable bonds is 1. The van der Waals surface area contributed by atoms with E-state index in [2.05, 4.69) is 0 Å². The van der Waals surface area contributed by atoms with Crippen LogP contribution in [0.2, 0.25) is 13.1 Å². The Bertz CT molecular complexity index is 398. The van der Waals surface area contributed by atoms with Gasteiger partial charge in [0.05, 0.1) is 5.38 Å². The van der Waals surface area contributed by atoms with Gasteiger partial charge in [-0.3, -0.25) is 0 Å². The summed E-state index contributed by atoms with van der Waals surface area (Å²) in [5, 5.41) is 1.66. The standard InChI is InChI=1S/C10H11O2Si.Na/c1-13(2,11)10-7-8-5-3-4-6-9(8)12-10;/h3-7H,1-2H3;/q-1;+1. The molecule has 0 saturated carbocycles. The van der Waals surface area contributed by atoms with Gasteiger partial charge in [-0.2, -0.15) is 0 Å². The van der Waals surface area contributed by atoms with Crippen molar-refractivity contribution in [2.75, 3.05) is 0 Å². The van der Waals surface area contributed by atoms with Crippen molar-refractivity contribution in [2.45, 2.75) is 13.1 Å². The van der Waals surface area contributed by atoms with Gasteiger partial charge >= 0.3 is 29.6 Å². The first-order valence-corrected chi connectivity index (χ1v) is 7.18. The molecule has 2 nitrogen and oxygen atoms in total. The van der Waals surface area contributed by atoms with Crippen molar-refractivity contribution < 1.29 is 38.8 Å². The Hall–Kier alpha value is -0.0631. The summed E-state index contributed by atoms with van der Waals surface area (Å²) in [6.45, 7) is 3.48. The van der Waals surface area contributed by atoms with Crippen LogP contribution in [-0.2, 0) is 0 Å². The summed E-state index contributed by atoms with van der Waals surface area (Å²) in [6.07, 6.45) is 0. The first kappa shape index (κ1) is 12.0. The van der Waals surface area contributed by atoms with Crippen LogP contribution in [0.5, 0.6) is 0 Å². The first-order valence-electron chi connectivity index (χ1n) is 4.27. The van der Waals surface area contributed by atoms with Crippen molar-refractivity contribution in [3.63, 3.8) is 0 Å². The van der Waals surface area contributed by atoms with Crippen LogP contribution in [0.4, 0.5) is 0 Å². The summed E-state index contributed by atoms with van der Waals surface area (Å²) in [6, 6.07) is 9.58. The van der Waals surface area contributed by atoms with E-state index < -0.39 is 8.32 Å². The second-order valence-electron chi connectivity index (χ2n) is 3.66. The second kappa shape index (κ2) is 4.21. The Balaban J connectivity index is 0.000000980. The van der Waals surface area contributed by atoms with Gasteiger partial charge in [-0.05, 0) is 12.1 Å². The summed E-state index contributed by atoms with van der Waals surface area (Å²) < 4.78 is 5.48. The van der Waals surface area contributed by atoms with E-state index in [1.165, 1.54) is 0 Å². The molecule has 1 aromatic carbocycles. The molecule has 0 N–H and O–H groups in total. The van der Waals surface area contributed by atoms with Crippen molar-refractivity contribution in [3.8, 4) is 0 Å². The molecule has 0 atom stereocenters. The number of benzene rings is 1. The van der Waals surface area contributed by atoms with E-state index in [0.29, 0.717) is 5.38 Å². The molecular weight excluding hydrogens is 203 g/mol. The zero-order valence-corrected chi connectivity index (χ0v) is 11.7. The normalized spacial score (nSPS) is 11.4. The SMILES string of the molecule is C[Si](C)([O-])c1cc2ccccc2o1.[Na+]. The van der Waals surface area contributed by atoms with E-state index in [9.17, 15) is 4.80 Å².